The largest absolute Gasteiger partial charge is 0.507 e. The molecule has 0 amide bonds. The molecule has 0 bridgehead atoms. The first-order valence-corrected chi connectivity index (χ1v) is 11.3. The van der Waals surface area contributed by atoms with E-state index in [9.17, 15) is 29.3 Å². The molecule has 1 aliphatic rings. The minimum Gasteiger partial charge on any atom is -0.507 e. The van der Waals surface area contributed by atoms with Crippen LogP contribution >= 0.6 is 7.60 Å². The molecule has 1 aliphatic heterocycles. The number of phenols is 1. The molecule has 3 N–H and O–H groups in total. The van der Waals surface area contributed by atoms with E-state index in [1.54, 1.807) is 19.9 Å². The van der Waals surface area contributed by atoms with Crippen LogP contribution in [0, 0.1) is 12.8 Å². The summed E-state index contributed by atoms with van der Waals surface area (Å²) < 4.78 is 26.4. The van der Waals surface area contributed by atoms with E-state index < -0.39 is 25.5 Å². The monoisotopic (exact) mass is 454 g/mol. The zero-order chi connectivity index (χ0) is 23.3. The summed E-state index contributed by atoms with van der Waals surface area (Å²) in [6.45, 7) is 3.60. The van der Waals surface area contributed by atoms with Crippen molar-refractivity contribution >= 4 is 19.5 Å². The van der Waals surface area contributed by atoms with Crippen LogP contribution in [0.4, 0.5) is 0 Å². The zero-order valence-corrected chi connectivity index (χ0v) is 18.8. The third kappa shape index (κ3) is 5.76. The van der Waals surface area contributed by atoms with Crippen molar-refractivity contribution in [2.45, 2.75) is 33.3 Å². The van der Waals surface area contributed by atoms with Gasteiger partial charge >= 0.3 is 19.5 Å². The zero-order valence-electron chi connectivity index (χ0n) is 17.9. The van der Waals surface area contributed by atoms with E-state index in [4.69, 9.17) is 9.47 Å². The minimum atomic E-state index is -3.75. The van der Waals surface area contributed by atoms with Gasteiger partial charge in [0, 0.05) is 18.2 Å². The summed E-state index contributed by atoms with van der Waals surface area (Å²) in [5, 5.41) is 20.1. The fourth-order valence-corrected chi connectivity index (χ4v) is 3.94. The van der Waals surface area contributed by atoms with E-state index in [-0.39, 0.29) is 36.9 Å². The highest BCUT2D eigenvalue weighted by Crippen LogP contribution is 2.42. The SMILES string of the molecule is COc1c(C)c2c(c(O)c1C/C=C(\C)CC(/C=C/CP(=O)(O)OC)C(=O)O)C(=O)OC2. The number of methoxy groups -OCH3 is 1. The Morgan fingerprint density at radius 2 is 2.03 bits per heavy atom. The molecular weight excluding hydrogens is 427 g/mol. The maximum atomic E-state index is 12.0. The topological polar surface area (TPSA) is 140 Å². The molecule has 1 aromatic rings. The van der Waals surface area contributed by atoms with Gasteiger partial charge in [-0.15, -0.1) is 0 Å². The van der Waals surface area contributed by atoms with Crippen molar-refractivity contribution in [1.29, 1.82) is 0 Å². The van der Waals surface area contributed by atoms with Gasteiger partial charge in [-0.2, -0.15) is 0 Å². The van der Waals surface area contributed by atoms with Crippen LogP contribution < -0.4 is 4.74 Å². The quantitative estimate of drug-likeness (QED) is 0.276. The summed E-state index contributed by atoms with van der Waals surface area (Å²) in [4.78, 5) is 32.9. The number of hydrogen-bond acceptors (Lipinski definition) is 7. The van der Waals surface area contributed by atoms with E-state index in [1.165, 1.54) is 19.3 Å². The highest BCUT2D eigenvalue weighted by Gasteiger charge is 2.31. The highest BCUT2D eigenvalue weighted by molar-refractivity contribution is 7.53. The van der Waals surface area contributed by atoms with Crippen LogP contribution in [0.15, 0.2) is 23.8 Å². The van der Waals surface area contributed by atoms with Crippen molar-refractivity contribution in [3.63, 3.8) is 0 Å². The molecule has 1 aromatic carbocycles. The number of carbonyl (C=O) groups is 2. The predicted octanol–water partition coefficient (Wildman–Crippen LogP) is 3.35. The molecular formula is C21H27O9P. The Kier molecular flexibility index (Phi) is 8.06. The van der Waals surface area contributed by atoms with Gasteiger partial charge in [0.25, 0.3) is 0 Å². The maximum absolute atomic E-state index is 12.0. The number of allylic oxidation sites excluding steroid dienone is 3. The van der Waals surface area contributed by atoms with E-state index in [1.807, 2.05) is 0 Å². The van der Waals surface area contributed by atoms with Crippen LogP contribution in [0.3, 0.4) is 0 Å². The number of phenolic OH excluding ortho intramolecular Hbond substituents is 1. The summed E-state index contributed by atoms with van der Waals surface area (Å²) >= 11 is 0. The lowest BCUT2D eigenvalue weighted by atomic mass is 9.93. The van der Waals surface area contributed by atoms with E-state index in [2.05, 4.69) is 4.52 Å². The number of carboxylic acids is 1. The van der Waals surface area contributed by atoms with Gasteiger partial charge in [0.15, 0.2) is 0 Å². The molecule has 2 unspecified atom stereocenters. The molecule has 1 heterocycles. The van der Waals surface area contributed by atoms with E-state index in [0.29, 0.717) is 22.4 Å². The first-order valence-electron chi connectivity index (χ1n) is 9.53. The van der Waals surface area contributed by atoms with Gasteiger partial charge in [0.05, 0.1) is 19.2 Å². The van der Waals surface area contributed by atoms with Crippen LogP contribution in [0.2, 0.25) is 0 Å². The van der Waals surface area contributed by atoms with Gasteiger partial charge in [0.1, 0.15) is 23.7 Å². The van der Waals surface area contributed by atoms with Crippen LogP contribution in [0.5, 0.6) is 11.5 Å². The first kappa shape index (κ1) is 24.7. The van der Waals surface area contributed by atoms with Gasteiger partial charge in [-0.25, -0.2) is 4.79 Å². The van der Waals surface area contributed by atoms with Crippen molar-refractivity contribution in [3.05, 3.63) is 46.1 Å². The molecule has 2 rings (SSSR count). The molecule has 170 valence electrons. The van der Waals surface area contributed by atoms with Gasteiger partial charge in [0.2, 0.25) is 0 Å². The van der Waals surface area contributed by atoms with Crippen molar-refractivity contribution < 1.29 is 43.3 Å². The summed E-state index contributed by atoms with van der Waals surface area (Å²) in [6, 6.07) is 0. The van der Waals surface area contributed by atoms with Crippen LogP contribution in [0.25, 0.3) is 0 Å². The lowest BCUT2D eigenvalue weighted by Gasteiger charge is -2.16. The Labute approximate surface area is 180 Å². The van der Waals surface area contributed by atoms with E-state index >= 15 is 0 Å². The molecule has 9 nitrogen and oxygen atoms in total. The molecule has 0 radical (unpaired) electrons. The number of hydrogen-bond donors (Lipinski definition) is 3. The fourth-order valence-electron chi connectivity index (χ4n) is 3.41. The number of aromatic hydroxyl groups is 1. The number of rotatable bonds is 10. The number of aliphatic carboxylic acids is 1. The van der Waals surface area contributed by atoms with Crippen LogP contribution in [0.1, 0.15) is 40.4 Å². The molecule has 0 fully saturated rings. The van der Waals surface area contributed by atoms with Crippen molar-refractivity contribution in [2.75, 3.05) is 20.4 Å². The van der Waals surface area contributed by atoms with Crippen molar-refractivity contribution in [1.82, 2.24) is 0 Å². The Morgan fingerprint density at radius 1 is 1.35 bits per heavy atom. The average Bonchev–Trinajstić information content (AvgIpc) is 3.10. The van der Waals surface area contributed by atoms with Gasteiger partial charge in [-0.3, -0.25) is 9.36 Å². The number of ether oxygens (including phenoxy) is 2. The van der Waals surface area contributed by atoms with Gasteiger partial charge in [-0.05, 0) is 32.3 Å². The molecule has 0 aromatic heterocycles. The Morgan fingerprint density at radius 3 is 2.61 bits per heavy atom. The lowest BCUT2D eigenvalue weighted by Crippen LogP contribution is -2.11. The average molecular weight is 454 g/mol. The second-order valence-electron chi connectivity index (χ2n) is 7.25. The minimum absolute atomic E-state index is 0.0789. The summed E-state index contributed by atoms with van der Waals surface area (Å²) in [5.74, 6) is -2.32. The second kappa shape index (κ2) is 10.1. The summed E-state index contributed by atoms with van der Waals surface area (Å²) in [6.07, 6.45) is 4.51. The predicted molar refractivity (Wildman–Crippen MR) is 113 cm³/mol. The summed E-state index contributed by atoms with van der Waals surface area (Å²) in [7, 11) is -1.17. The molecule has 0 spiro atoms. The smallest absolute Gasteiger partial charge is 0.342 e. The Balaban J connectivity index is 2.23. The molecule has 10 heteroatoms. The molecule has 0 saturated heterocycles. The number of carbonyl (C=O) groups excluding carboxylic acids is 1. The van der Waals surface area contributed by atoms with E-state index in [0.717, 1.165) is 12.7 Å². The first-order chi connectivity index (χ1) is 14.5. The van der Waals surface area contributed by atoms with Crippen molar-refractivity contribution in [2.24, 2.45) is 5.92 Å². The van der Waals surface area contributed by atoms with Crippen LogP contribution in [-0.2, 0) is 31.6 Å². The maximum Gasteiger partial charge on any atom is 0.342 e. The number of fused-ring (bicyclic) bond motifs is 1. The third-order valence-electron chi connectivity index (χ3n) is 5.15. The highest BCUT2D eigenvalue weighted by atomic mass is 31.2. The normalized spacial score (nSPS) is 16.7. The fraction of sp³-hybridized carbons (Fsp3) is 0.429. The molecule has 0 aliphatic carbocycles. The number of benzene rings is 1. The number of esters is 1. The van der Waals surface area contributed by atoms with Gasteiger partial charge in [-0.1, -0.05) is 23.8 Å². The van der Waals surface area contributed by atoms with Gasteiger partial charge < -0.3 is 29.1 Å². The standard InChI is InChI=1S/C21H27O9P/c1-12(10-14(20(23)24)6-5-9-31(26,27)29-4)7-8-15-18(22)17-16(11-30-21(17)25)13(2)19(15)28-3/h5-7,14,22H,8-11H2,1-4H3,(H,23,24)(H,26,27)/b6-5+,12-7+. The molecule has 0 saturated carbocycles. The molecule has 31 heavy (non-hydrogen) atoms. The molecule has 2 atom stereocenters. The third-order valence-corrected chi connectivity index (χ3v) is 6.39. The van der Waals surface area contributed by atoms with Crippen LogP contribution in [-0.4, -0.2) is 47.4 Å². The second-order valence-corrected chi connectivity index (χ2v) is 9.25. The Bertz CT molecular complexity index is 978. The Hall–Kier alpha value is -2.61. The summed E-state index contributed by atoms with van der Waals surface area (Å²) in [5.41, 5.74) is 2.58. The number of cyclic esters (lactones) is 1. The van der Waals surface area contributed by atoms with Crippen molar-refractivity contribution in [3.8, 4) is 11.5 Å². The lowest BCUT2D eigenvalue weighted by molar-refractivity contribution is -0.140. The number of carboxylic acid groups (broad SMARTS) is 1.